The average molecular weight is 584 g/mol. The highest BCUT2D eigenvalue weighted by atomic mass is 19.1. The van der Waals surface area contributed by atoms with Crippen LogP contribution in [0.3, 0.4) is 0 Å². The van der Waals surface area contributed by atoms with Crippen molar-refractivity contribution in [2.24, 2.45) is 5.41 Å². The van der Waals surface area contributed by atoms with E-state index >= 15 is 0 Å². The highest BCUT2D eigenvalue weighted by Crippen LogP contribution is 2.24. The van der Waals surface area contributed by atoms with E-state index in [4.69, 9.17) is 4.74 Å². The number of allylic oxidation sites excluding steroid dienone is 1. The number of fused-ring (bicyclic) bond motifs is 1. The second kappa shape index (κ2) is 13.4. The molecule has 0 aliphatic rings. The van der Waals surface area contributed by atoms with E-state index in [9.17, 15) is 23.6 Å². The number of hydrogen-bond acceptors (Lipinski definition) is 7. The maximum atomic E-state index is 13.9. The van der Waals surface area contributed by atoms with Crippen LogP contribution in [0.5, 0.6) is 0 Å². The Bertz CT molecular complexity index is 1540. The van der Waals surface area contributed by atoms with Crippen molar-refractivity contribution in [2.45, 2.75) is 52.8 Å². The van der Waals surface area contributed by atoms with Gasteiger partial charge in [-0.15, -0.1) is 0 Å². The summed E-state index contributed by atoms with van der Waals surface area (Å²) in [6.07, 6.45) is 3.85. The molecule has 0 radical (unpaired) electrons. The first-order chi connectivity index (χ1) is 19.7. The number of ether oxygens (including phenoxy) is 1. The third-order valence-corrected chi connectivity index (χ3v) is 6.09. The number of nitrogens with one attached hydrogen (secondary N) is 1. The van der Waals surface area contributed by atoms with Crippen LogP contribution in [0, 0.1) is 11.2 Å². The molecule has 12 nitrogen and oxygen atoms in total. The van der Waals surface area contributed by atoms with Gasteiger partial charge in [0, 0.05) is 40.8 Å². The lowest BCUT2D eigenvalue weighted by Crippen LogP contribution is -2.38. The van der Waals surface area contributed by atoms with Crippen molar-refractivity contribution in [1.82, 2.24) is 28.9 Å². The Morgan fingerprint density at radius 1 is 1.14 bits per heavy atom. The van der Waals surface area contributed by atoms with E-state index in [2.05, 4.69) is 36.1 Å². The van der Waals surface area contributed by atoms with Crippen molar-refractivity contribution in [3.63, 3.8) is 0 Å². The van der Waals surface area contributed by atoms with Gasteiger partial charge >= 0.3 is 6.09 Å². The first-order valence-electron chi connectivity index (χ1n) is 13.4. The molecular formula is C29H38FN7O5. The van der Waals surface area contributed by atoms with E-state index in [0.717, 1.165) is 5.52 Å². The Hall–Kier alpha value is -4.55. The Balaban J connectivity index is 1.85. The van der Waals surface area contributed by atoms with E-state index in [1.165, 1.54) is 59.2 Å². The molecule has 0 bridgehead atoms. The van der Waals surface area contributed by atoms with Gasteiger partial charge in [0.15, 0.2) is 6.10 Å². The molecular weight excluding hydrogens is 545 g/mol. The van der Waals surface area contributed by atoms with Crippen LogP contribution in [0.1, 0.15) is 39.4 Å². The Morgan fingerprint density at radius 2 is 1.86 bits per heavy atom. The van der Waals surface area contributed by atoms with E-state index in [1.54, 1.807) is 26.2 Å². The molecule has 1 N–H and O–H groups in total. The van der Waals surface area contributed by atoms with Gasteiger partial charge in [0.05, 0.1) is 30.1 Å². The average Bonchev–Trinajstić information content (AvgIpc) is 3.21. The van der Waals surface area contributed by atoms with Crippen molar-refractivity contribution in [3.05, 3.63) is 64.9 Å². The molecule has 0 saturated heterocycles. The molecule has 3 amide bonds. The lowest BCUT2D eigenvalue weighted by Gasteiger charge is -2.21. The number of carbonyl (C=O) groups excluding carboxylic acids is 3. The molecule has 0 fully saturated rings. The Morgan fingerprint density at radius 3 is 2.50 bits per heavy atom. The Labute approximate surface area is 243 Å². The number of carbonyl (C=O) groups is 3. The van der Waals surface area contributed by atoms with Crippen LogP contribution in [-0.2, 0) is 27.4 Å². The van der Waals surface area contributed by atoms with Gasteiger partial charge in [0.25, 0.3) is 11.5 Å². The summed E-state index contributed by atoms with van der Waals surface area (Å²) < 4.78 is 22.5. The lowest BCUT2D eigenvalue weighted by molar-refractivity contribution is -0.125. The fraction of sp³-hybridized carbons (Fsp3) is 0.448. The maximum Gasteiger partial charge on any atom is 0.410 e. The predicted octanol–water partition coefficient (Wildman–Crippen LogP) is 3.26. The van der Waals surface area contributed by atoms with Crippen LogP contribution in [0.25, 0.3) is 11.0 Å². The molecule has 2 heterocycles. The first-order valence-corrected chi connectivity index (χ1v) is 13.4. The van der Waals surface area contributed by atoms with Crippen LogP contribution in [-0.4, -0.2) is 81.1 Å². The number of benzene rings is 1. The number of halogens is 1. The van der Waals surface area contributed by atoms with Gasteiger partial charge in [0.2, 0.25) is 5.91 Å². The summed E-state index contributed by atoms with van der Waals surface area (Å²) in [4.78, 5) is 61.8. The molecule has 42 heavy (non-hydrogen) atoms. The summed E-state index contributed by atoms with van der Waals surface area (Å²) in [6, 6.07) is 4.37. The van der Waals surface area contributed by atoms with Gasteiger partial charge in [-0.25, -0.2) is 19.2 Å². The molecule has 1 aromatic carbocycles. The molecule has 1 atom stereocenters. The molecule has 0 spiro atoms. The number of rotatable bonds is 10. The fourth-order valence-corrected chi connectivity index (χ4v) is 3.99. The summed E-state index contributed by atoms with van der Waals surface area (Å²) in [7, 11) is 6.19. The highest BCUT2D eigenvalue weighted by Gasteiger charge is 2.25. The number of anilines is 1. The molecule has 0 unspecified atom stereocenters. The molecule has 13 heteroatoms. The van der Waals surface area contributed by atoms with E-state index < -0.39 is 29.5 Å². The van der Waals surface area contributed by atoms with Gasteiger partial charge in [0.1, 0.15) is 17.3 Å². The van der Waals surface area contributed by atoms with E-state index in [0.29, 0.717) is 17.9 Å². The SMILES string of the molecule is CN(C)C(=O)/C=C/CC[C@H](OC(=O)N(C)C)C(=O)Nc1cncn(Cc2nc3cc(F)ccc3n2CC(C)(C)C)c1=O. The number of aromatic nitrogens is 4. The summed E-state index contributed by atoms with van der Waals surface area (Å²) in [5, 5.41) is 2.53. The third kappa shape index (κ3) is 8.48. The van der Waals surface area contributed by atoms with Gasteiger partial charge in [-0.05, 0) is 36.5 Å². The topological polar surface area (TPSA) is 132 Å². The van der Waals surface area contributed by atoms with Crippen molar-refractivity contribution >= 4 is 34.6 Å². The second-order valence-corrected chi connectivity index (χ2v) is 11.5. The quantitative estimate of drug-likeness (QED) is 0.363. The third-order valence-electron chi connectivity index (χ3n) is 6.09. The normalized spacial score (nSPS) is 12.4. The zero-order valence-corrected chi connectivity index (χ0v) is 25.0. The van der Waals surface area contributed by atoms with Gasteiger partial charge in [-0.3, -0.25) is 19.0 Å². The largest absolute Gasteiger partial charge is 0.436 e. The monoisotopic (exact) mass is 583 g/mol. The second-order valence-electron chi connectivity index (χ2n) is 11.5. The number of hydrogen-bond donors (Lipinski definition) is 1. The minimum Gasteiger partial charge on any atom is -0.436 e. The van der Waals surface area contributed by atoms with Crippen LogP contribution in [0.2, 0.25) is 0 Å². The Kier molecular flexibility index (Phi) is 10.2. The van der Waals surface area contributed by atoms with Gasteiger partial charge in [-0.1, -0.05) is 26.8 Å². The minimum absolute atomic E-state index is 0.0195. The number of nitrogens with zero attached hydrogens (tertiary/aromatic N) is 6. The molecule has 226 valence electrons. The smallest absolute Gasteiger partial charge is 0.410 e. The lowest BCUT2D eigenvalue weighted by atomic mass is 9.96. The molecule has 0 saturated carbocycles. The fourth-order valence-electron chi connectivity index (χ4n) is 3.99. The number of imidazole rings is 1. The van der Waals surface area contributed by atoms with Crippen molar-refractivity contribution in [1.29, 1.82) is 0 Å². The van der Waals surface area contributed by atoms with Crippen molar-refractivity contribution < 1.29 is 23.5 Å². The number of amides is 3. The highest BCUT2D eigenvalue weighted by molar-refractivity contribution is 5.95. The standard InChI is InChI=1S/C29H38FN7O5/c1-29(2,3)17-37-22-13-12-19(30)14-20(22)32-24(37)16-36-18-31-15-21(27(36)40)33-26(39)23(42-28(41)35(6)7)10-8-9-11-25(38)34(4)5/h9,11-15,18,23H,8,10,16-17H2,1-7H3,(H,33,39)/b11-9+/t23-/m0/s1. The van der Waals surface area contributed by atoms with E-state index in [1.807, 2.05) is 4.57 Å². The summed E-state index contributed by atoms with van der Waals surface area (Å²) in [6.45, 7) is 6.77. The van der Waals surface area contributed by atoms with E-state index in [-0.39, 0.29) is 36.4 Å². The van der Waals surface area contributed by atoms with Crippen LogP contribution in [0.15, 0.2) is 47.7 Å². The maximum absolute atomic E-state index is 13.9. The summed E-state index contributed by atoms with van der Waals surface area (Å²) in [5.41, 5.74) is 0.401. The zero-order chi connectivity index (χ0) is 31.2. The molecule has 3 rings (SSSR count). The first kappa shape index (κ1) is 32.0. The van der Waals surface area contributed by atoms with Crippen molar-refractivity contribution in [3.8, 4) is 0 Å². The van der Waals surface area contributed by atoms with Crippen LogP contribution < -0.4 is 10.9 Å². The van der Waals surface area contributed by atoms with Crippen LogP contribution in [0.4, 0.5) is 14.9 Å². The van der Waals surface area contributed by atoms with Crippen molar-refractivity contribution in [2.75, 3.05) is 33.5 Å². The van der Waals surface area contributed by atoms with Crippen LogP contribution >= 0.6 is 0 Å². The summed E-state index contributed by atoms with van der Waals surface area (Å²) in [5.74, 6) is -0.833. The molecule has 3 aromatic rings. The molecule has 0 aliphatic heterocycles. The molecule has 2 aromatic heterocycles. The van der Waals surface area contributed by atoms with Gasteiger partial charge in [-0.2, -0.15) is 0 Å². The summed E-state index contributed by atoms with van der Waals surface area (Å²) >= 11 is 0. The van der Waals surface area contributed by atoms with Gasteiger partial charge < -0.3 is 24.4 Å². The zero-order valence-electron chi connectivity index (χ0n) is 25.0. The predicted molar refractivity (Wildman–Crippen MR) is 156 cm³/mol. The number of likely N-dealkylation sites (N-methyl/N-ethyl adjacent to an activating group) is 1. The minimum atomic E-state index is -1.24. The molecule has 0 aliphatic carbocycles.